The van der Waals surface area contributed by atoms with Crippen LogP contribution in [-0.4, -0.2) is 46.0 Å². The van der Waals surface area contributed by atoms with Gasteiger partial charge in [0.05, 0.1) is 18.6 Å². The van der Waals surface area contributed by atoms with Crippen molar-refractivity contribution in [1.29, 1.82) is 0 Å². The third-order valence-corrected chi connectivity index (χ3v) is 6.51. The van der Waals surface area contributed by atoms with Gasteiger partial charge < -0.3 is 15.0 Å². The maximum atomic E-state index is 12.6. The number of amides is 1. The zero-order valence-corrected chi connectivity index (χ0v) is 16.9. The third kappa shape index (κ3) is 4.48. The van der Waals surface area contributed by atoms with E-state index >= 15 is 0 Å². The molecule has 3 rings (SSSR count). The summed E-state index contributed by atoms with van der Waals surface area (Å²) in [5.74, 6) is 1.34. The Morgan fingerprint density at radius 1 is 1.31 bits per heavy atom. The molecule has 26 heavy (non-hydrogen) atoms. The fourth-order valence-electron chi connectivity index (χ4n) is 3.29. The highest BCUT2D eigenvalue weighted by Crippen LogP contribution is 2.32. The molecule has 2 atom stereocenters. The van der Waals surface area contributed by atoms with E-state index in [1.165, 1.54) is 29.5 Å². The van der Waals surface area contributed by atoms with E-state index < -0.39 is 0 Å². The maximum Gasteiger partial charge on any atom is 0.233 e. The topological polar surface area (TPSA) is 67.3 Å². The van der Waals surface area contributed by atoms with Gasteiger partial charge in [0.1, 0.15) is 5.75 Å². The lowest BCUT2D eigenvalue weighted by molar-refractivity contribution is -0.134. The summed E-state index contributed by atoms with van der Waals surface area (Å²) >= 11 is 2.89. The lowest BCUT2D eigenvalue weighted by Crippen LogP contribution is -2.48. The maximum absolute atomic E-state index is 12.6. The van der Waals surface area contributed by atoms with Gasteiger partial charge in [0.2, 0.25) is 11.0 Å². The van der Waals surface area contributed by atoms with Gasteiger partial charge in [-0.25, -0.2) is 0 Å². The quantitative estimate of drug-likeness (QED) is 0.744. The first-order chi connectivity index (χ1) is 12.6. The summed E-state index contributed by atoms with van der Waals surface area (Å²) in [5, 5.41) is 12.2. The Labute approximate surface area is 162 Å². The van der Waals surface area contributed by atoms with Crippen LogP contribution in [0.2, 0.25) is 0 Å². The van der Waals surface area contributed by atoms with Crippen LogP contribution < -0.4 is 10.1 Å². The van der Waals surface area contributed by atoms with Crippen LogP contribution in [0.5, 0.6) is 5.75 Å². The molecule has 0 bridgehead atoms. The molecule has 1 aliphatic rings. The Morgan fingerprint density at radius 3 is 2.77 bits per heavy atom. The number of hydrogen-bond acceptors (Lipinski definition) is 7. The molecule has 1 aromatic heterocycles. The van der Waals surface area contributed by atoms with Crippen molar-refractivity contribution >= 4 is 39.8 Å². The van der Waals surface area contributed by atoms with Crippen LogP contribution in [0.1, 0.15) is 33.1 Å². The second-order valence-electron chi connectivity index (χ2n) is 6.42. The molecule has 1 fully saturated rings. The highest BCUT2D eigenvalue weighted by molar-refractivity contribution is 8.01. The molecule has 140 valence electrons. The van der Waals surface area contributed by atoms with Gasteiger partial charge in [0.15, 0.2) is 4.34 Å². The molecule has 1 aromatic carbocycles. The number of hydrogen-bond donors (Lipinski definition) is 1. The molecule has 6 nitrogen and oxygen atoms in total. The Bertz CT molecular complexity index is 742. The van der Waals surface area contributed by atoms with Gasteiger partial charge in [0, 0.05) is 12.1 Å². The number of carbonyl (C=O) groups excluding carboxylic acids is 1. The first-order valence-electron chi connectivity index (χ1n) is 8.76. The number of likely N-dealkylation sites (tertiary alicyclic amines) is 1. The summed E-state index contributed by atoms with van der Waals surface area (Å²) in [6.45, 7) is 4.27. The van der Waals surface area contributed by atoms with Crippen molar-refractivity contribution in [3.05, 3.63) is 24.3 Å². The predicted molar refractivity (Wildman–Crippen MR) is 107 cm³/mol. The first-order valence-corrected chi connectivity index (χ1v) is 10.6. The lowest BCUT2D eigenvalue weighted by Gasteiger charge is -2.39. The number of benzene rings is 1. The highest BCUT2D eigenvalue weighted by Gasteiger charge is 2.28. The van der Waals surface area contributed by atoms with Crippen LogP contribution in [0.15, 0.2) is 28.6 Å². The number of rotatable bonds is 6. The minimum Gasteiger partial charge on any atom is -0.495 e. The smallest absolute Gasteiger partial charge is 0.233 e. The number of piperidine rings is 1. The number of carbonyl (C=O) groups is 1. The van der Waals surface area contributed by atoms with Gasteiger partial charge in [0.25, 0.3) is 0 Å². The molecule has 0 spiro atoms. The minimum atomic E-state index is 0.184. The number of thioether (sulfide) groups is 1. The Kier molecular flexibility index (Phi) is 6.37. The Hall–Kier alpha value is -1.80. The van der Waals surface area contributed by atoms with Crippen molar-refractivity contribution in [3.8, 4) is 5.75 Å². The van der Waals surface area contributed by atoms with Crippen LogP contribution in [0, 0.1) is 0 Å². The first kappa shape index (κ1) is 19.0. The van der Waals surface area contributed by atoms with Crippen molar-refractivity contribution in [2.24, 2.45) is 0 Å². The number of nitrogens with zero attached hydrogens (tertiary/aromatic N) is 3. The summed E-state index contributed by atoms with van der Waals surface area (Å²) in [6.07, 6.45) is 3.38. The van der Waals surface area contributed by atoms with Crippen LogP contribution in [-0.2, 0) is 4.79 Å². The largest absolute Gasteiger partial charge is 0.495 e. The molecule has 1 aliphatic heterocycles. The number of para-hydroxylation sites is 2. The minimum absolute atomic E-state index is 0.184. The average molecular weight is 393 g/mol. The molecule has 2 heterocycles. The molecule has 1 amide bonds. The van der Waals surface area contributed by atoms with E-state index in [9.17, 15) is 4.79 Å². The number of anilines is 2. The van der Waals surface area contributed by atoms with Crippen LogP contribution in [0.3, 0.4) is 0 Å². The molecule has 0 saturated carbocycles. The van der Waals surface area contributed by atoms with E-state index in [1.807, 2.05) is 29.2 Å². The van der Waals surface area contributed by atoms with Crippen molar-refractivity contribution in [2.45, 2.75) is 49.5 Å². The van der Waals surface area contributed by atoms with Crippen molar-refractivity contribution < 1.29 is 9.53 Å². The normalized spacial score (nSPS) is 20.0. The second-order valence-corrected chi connectivity index (χ2v) is 8.62. The summed E-state index contributed by atoms with van der Waals surface area (Å²) in [6, 6.07) is 8.31. The van der Waals surface area contributed by atoms with E-state index in [0.29, 0.717) is 23.0 Å². The van der Waals surface area contributed by atoms with E-state index in [2.05, 4.69) is 29.4 Å². The Balaban J connectivity index is 1.57. The Morgan fingerprint density at radius 2 is 2.04 bits per heavy atom. The fraction of sp³-hybridized carbons (Fsp3) is 0.500. The lowest BCUT2D eigenvalue weighted by atomic mass is 9.98. The van der Waals surface area contributed by atoms with Crippen molar-refractivity contribution in [1.82, 2.24) is 15.1 Å². The molecule has 0 aliphatic carbocycles. The average Bonchev–Trinajstić information content (AvgIpc) is 3.08. The van der Waals surface area contributed by atoms with Crippen LogP contribution >= 0.6 is 23.1 Å². The molecule has 8 heteroatoms. The fourth-order valence-corrected chi connectivity index (χ4v) is 4.93. The molecule has 0 unspecified atom stereocenters. The van der Waals surface area contributed by atoms with E-state index in [1.54, 1.807) is 7.11 Å². The molecule has 0 radical (unpaired) electrons. The summed E-state index contributed by atoms with van der Waals surface area (Å²) in [4.78, 5) is 14.6. The van der Waals surface area contributed by atoms with Gasteiger partial charge in [-0.05, 0) is 45.2 Å². The zero-order chi connectivity index (χ0) is 18.5. The van der Waals surface area contributed by atoms with E-state index in [-0.39, 0.29) is 5.91 Å². The number of methoxy groups -OCH3 is 1. The SMILES string of the molecule is COc1ccccc1Nc1nnc(SCC(=O)N2[C@H](C)CCC[C@@H]2C)s1. The molecular weight excluding hydrogens is 368 g/mol. The van der Waals surface area contributed by atoms with E-state index in [4.69, 9.17) is 4.74 Å². The second kappa shape index (κ2) is 8.73. The third-order valence-electron chi connectivity index (χ3n) is 4.56. The van der Waals surface area contributed by atoms with Gasteiger partial charge >= 0.3 is 0 Å². The molecule has 1 N–H and O–H groups in total. The standard InChI is InChI=1S/C18H24N4O2S2/c1-12-7-6-8-13(2)22(12)16(23)11-25-18-21-20-17(26-18)19-14-9-4-5-10-15(14)24-3/h4-5,9-10,12-13H,6-8,11H2,1-3H3,(H,19,20)/t12-,13+. The molecular formula is C18H24N4O2S2. The molecule has 2 aromatic rings. The highest BCUT2D eigenvalue weighted by atomic mass is 32.2. The van der Waals surface area contributed by atoms with E-state index in [0.717, 1.165) is 28.6 Å². The van der Waals surface area contributed by atoms with Gasteiger partial charge in [-0.3, -0.25) is 4.79 Å². The summed E-state index contributed by atoms with van der Waals surface area (Å²) in [5.41, 5.74) is 0.842. The number of nitrogens with one attached hydrogen (secondary N) is 1. The van der Waals surface area contributed by atoms with Crippen molar-refractivity contribution in [2.75, 3.05) is 18.2 Å². The monoisotopic (exact) mass is 392 g/mol. The van der Waals surface area contributed by atoms with Crippen LogP contribution in [0.4, 0.5) is 10.8 Å². The summed E-state index contributed by atoms with van der Waals surface area (Å²) in [7, 11) is 1.64. The van der Waals surface area contributed by atoms with Gasteiger partial charge in [-0.2, -0.15) is 0 Å². The number of ether oxygens (including phenoxy) is 1. The van der Waals surface area contributed by atoms with Gasteiger partial charge in [-0.1, -0.05) is 35.2 Å². The summed E-state index contributed by atoms with van der Waals surface area (Å²) < 4.78 is 6.11. The predicted octanol–water partition coefficient (Wildman–Crippen LogP) is 4.17. The zero-order valence-electron chi connectivity index (χ0n) is 15.3. The molecule has 1 saturated heterocycles. The van der Waals surface area contributed by atoms with Crippen molar-refractivity contribution in [3.63, 3.8) is 0 Å². The number of aromatic nitrogens is 2. The van der Waals surface area contributed by atoms with Gasteiger partial charge in [-0.15, -0.1) is 10.2 Å². The van der Waals surface area contributed by atoms with Crippen LogP contribution in [0.25, 0.3) is 0 Å².